The predicted molar refractivity (Wildman–Crippen MR) is 99.0 cm³/mol. The van der Waals surface area contributed by atoms with Crippen LogP contribution in [0.1, 0.15) is 0 Å². The maximum atomic E-state index is 5.20. The van der Waals surface area contributed by atoms with Gasteiger partial charge < -0.3 is 15.0 Å². The molecule has 2 aliphatic heterocycles. The van der Waals surface area contributed by atoms with E-state index in [1.807, 2.05) is 30.6 Å². The number of ether oxygens (including phenoxy) is 1. The van der Waals surface area contributed by atoms with Crippen molar-refractivity contribution in [3.05, 3.63) is 48.8 Å². The predicted octanol–water partition coefficient (Wildman–Crippen LogP) is 2.72. The van der Waals surface area contributed by atoms with Gasteiger partial charge in [-0.15, -0.1) is 0 Å². The molecule has 2 aliphatic rings. The Morgan fingerprint density at radius 2 is 1.92 bits per heavy atom. The Morgan fingerprint density at radius 3 is 2.68 bits per heavy atom. The first kappa shape index (κ1) is 14.7. The normalized spacial score (nSPS) is 18.0. The van der Waals surface area contributed by atoms with Crippen LogP contribution >= 0.6 is 0 Å². The molecule has 2 fully saturated rings. The summed E-state index contributed by atoms with van der Waals surface area (Å²) in [6.45, 7) is 4.56. The molecule has 3 aromatic rings. The first-order valence-electron chi connectivity index (χ1n) is 8.61. The summed E-state index contributed by atoms with van der Waals surface area (Å²) in [5.41, 5.74) is 4.97. The Balaban J connectivity index is 1.44. The molecule has 0 radical (unpaired) electrons. The SMILES string of the molecule is COc1ccc2cc(-c3cncc(N4CC5(CNC5)C4)c3)ccc2n1. The zero-order valence-corrected chi connectivity index (χ0v) is 14.2. The van der Waals surface area contributed by atoms with Crippen molar-refractivity contribution in [2.75, 3.05) is 38.2 Å². The van der Waals surface area contributed by atoms with Gasteiger partial charge in [-0.2, -0.15) is 0 Å². The van der Waals surface area contributed by atoms with E-state index in [0.717, 1.165) is 48.2 Å². The molecular weight excluding hydrogens is 312 g/mol. The Hall–Kier alpha value is -2.66. The number of rotatable bonds is 3. The number of anilines is 1. The molecule has 5 nitrogen and oxygen atoms in total. The van der Waals surface area contributed by atoms with Gasteiger partial charge in [-0.1, -0.05) is 6.07 Å². The minimum absolute atomic E-state index is 0.518. The zero-order valence-electron chi connectivity index (χ0n) is 14.2. The smallest absolute Gasteiger partial charge is 0.213 e. The van der Waals surface area contributed by atoms with Crippen molar-refractivity contribution in [1.82, 2.24) is 15.3 Å². The first-order valence-corrected chi connectivity index (χ1v) is 8.61. The molecule has 0 bridgehead atoms. The van der Waals surface area contributed by atoms with Crippen LogP contribution in [0.4, 0.5) is 5.69 Å². The second-order valence-electron chi connectivity index (χ2n) is 7.15. The Kier molecular flexibility index (Phi) is 3.18. The Labute approximate surface area is 146 Å². The van der Waals surface area contributed by atoms with Crippen LogP contribution in [0, 0.1) is 5.41 Å². The summed E-state index contributed by atoms with van der Waals surface area (Å²) >= 11 is 0. The summed E-state index contributed by atoms with van der Waals surface area (Å²) in [7, 11) is 1.64. The molecule has 126 valence electrons. The maximum absolute atomic E-state index is 5.20. The molecule has 0 unspecified atom stereocenters. The van der Waals surface area contributed by atoms with Crippen LogP contribution in [0.5, 0.6) is 5.88 Å². The van der Waals surface area contributed by atoms with Gasteiger partial charge >= 0.3 is 0 Å². The van der Waals surface area contributed by atoms with Crippen molar-refractivity contribution in [2.45, 2.75) is 0 Å². The quantitative estimate of drug-likeness (QED) is 0.799. The minimum atomic E-state index is 0.518. The molecule has 4 heterocycles. The molecule has 1 N–H and O–H groups in total. The van der Waals surface area contributed by atoms with Crippen molar-refractivity contribution in [3.8, 4) is 17.0 Å². The third-order valence-electron chi connectivity index (χ3n) is 5.35. The van der Waals surface area contributed by atoms with Crippen LogP contribution in [0.2, 0.25) is 0 Å². The second-order valence-corrected chi connectivity index (χ2v) is 7.15. The lowest BCUT2D eigenvalue weighted by molar-refractivity contribution is 0.121. The number of benzene rings is 1. The lowest BCUT2D eigenvalue weighted by Gasteiger charge is -2.57. The average Bonchev–Trinajstić information content (AvgIpc) is 2.59. The topological polar surface area (TPSA) is 50.3 Å². The van der Waals surface area contributed by atoms with Gasteiger partial charge in [0, 0.05) is 54.8 Å². The third kappa shape index (κ3) is 2.43. The van der Waals surface area contributed by atoms with Crippen LogP contribution in [-0.2, 0) is 0 Å². The number of hydrogen-bond donors (Lipinski definition) is 1. The third-order valence-corrected chi connectivity index (χ3v) is 5.35. The van der Waals surface area contributed by atoms with Crippen LogP contribution in [0.25, 0.3) is 22.0 Å². The lowest BCUT2D eigenvalue weighted by Crippen LogP contribution is -2.71. The van der Waals surface area contributed by atoms with Gasteiger partial charge in [-0.25, -0.2) is 4.98 Å². The van der Waals surface area contributed by atoms with Gasteiger partial charge in [0.1, 0.15) is 0 Å². The van der Waals surface area contributed by atoms with Crippen LogP contribution in [0.3, 0.4) is 0 Å². The second kappa shape index (κ2) is 5.43. The fourth-order valence-electron chi connectivity index (χ4n) is 3.81. The lowest BCUT2D eigenvalue weighted by atomic mass is 9.74. The highest BCUT2D eigenvalue weighted by Crippen LogP contribution is 2.38. The number of aromatic nitrogens is 2. The molecule has 5 heteroatoms. The fraction of sp³-hybridized carbons (Fsp3) is 0.300. The van der Waals surface area contributed by atoms with Gasteiger partial charge in [0.15, 0.2) is 0 Å². The summed E-state index contributed by atoms with van der Waals surface area (Å²) in [6.07, 6.45) is 3.90. The number of fused-ring (bicyclic) bond motifs is 1. The van der Waals surface area contributed by atoms with Crippen molar-refractivity contribution in [1.29, 1.82) is 0 Å². The highest BCUT2D eigenvalue weighted by molar-refractivity contribution is 5.85. The van der Waals surface area contributed by atoms with Crippen molar-refractivity contribution < 1.29 is 4.74 Å². The summed E-state index contributed by atoms with van der Waals surface area (Å²) in [5, 5.41) is 4.48. The Morgan fingerprint density at radius 1 is 1.04 bits per heavy atom. The molecule has 25 heavy (non-hydrogen) atoms. The number of methoxy groups -OCH3 is 1. The largest absolute Gasteiger partial charge is 0.481 e. The van der Waals surface area contributed by atoms with E-state index in [1.54, 1.807) is 7.11 Å². The summed E-state index contributed by atoms with van der Waals surface area (Å²) in [5.74, 6) is 0.640. The number of pyridine rings is 2. The highest BCUT2D eigenvalue weighted by atomic mass is 16.5. The molecule has 2 saturated heterocycles. The number of hydrogen-bond acceptors (Lipinski definition) is 5. The first-order chi connectivity index (χ1) is 12.2. The van der Waals surface area contributed by atoms with Crippen molar-refractivity contribution in [3.63, 3.8) is 0 Å². The van der Waals surface area contributed by atoms with Gasteiger partial charge in [0.25, 0.3) is 0 Å². The van der Waals surface area contributed by atoms with Gasteiger partial charge in [0.2, 0.25) is 5.88 Å². The zero-order chi connectivity index (χ0) is 16.9. The van der Waals surface area contributed by atoms with Crippen molar-refractivity contribution in [2.24, 2.45) is 5.41 Å². The molecule has 2 aromatic heterocycles. The molecule has 1 spiro atoms. The number of nitrogens with zero attached hydrogens (tertiary/aromatic N) is 3. The maximum Gasteiger partial charge on any atom is 0.213 e. The molecule has 0 aliphatic carbocycles. The standard InChI is InChI=1S/C20H20N4O/c1-25-19-5-3-15-6-14(2-4-18(15)23-19)16-7-17(9-21-8-16)24-12-20(13-24)10-22-11-20/h2-9,22H,10-13H2,1H3. The summed E-state index contributed by atoms with van der Waals surface area (Å²) in [4.78, 5) is 11.4. The van der Waals surface area contributed by atoms with Gasteiger partial charge in [0.05, 0.1) is 24.5 Å². The summed E-state index contributed by atoms with van der Waals surface area (Å²) < 4.78 is 5.20. The molecule has 1 aromatic carbocycles. The average molecular weight is 332 g/mol. The summed E-state index contributed by atoms with van der Waals surface area (Å²) in [6, 6.07) is 12.5. The van der Waals surface area contributed by atoms with E-state index in [0.29, 0.717) is 11.3 Å². The van der Waals surface area contributed by atoms with Crippen LogP contribution < -0.4 is 15.0 Å². The number of nitrogens with one attached hydrogen (secondary N) is 1. The highest BCUT2D eigenvalue weighted by Gasteiger charge is 2.47. The van der Waals surface area contributed by atoms with Gasteiger partial charge in [-0.05, 0) is 29.8 Å². The van der Waals surface area contributed by atoms with Crippen molar-refractivity contribution >= 4 is 16.6 Å². The Bertz CT molecular complexity index is 943. The fourth-order valence-corrected chi connectivity index (χ4v) is 3.81. The molecule has 0 saturated carbocycles. The molecule has 0 atom stereocenters. The monoisotopic (exact) mass is 332 g/mol. The molecule has 0 amide bonds. The van der Waals surface area contributed by atoms with E-state index in [1.165, 1.54) is 5.69 Å². The van der Waals surface area contributed by atoms with E-state index in [4.69, 9.17) is 4.74 Å². The van der Waals surface area contributed by atoms with Gasteiger partial charge in [-0.3, -0.25) is 4.98 Å². The molecule has 5 rings (SSSR count). The van der Waals surface area contributed by atoms with E-state index >= 15 is 0 Å². The molecular formula is C20H20N4O. The minimum Gasteiger partial charge on any atom is -0.481 e. The van der Waals surface area contributed by atoms with E-state index < -0.39 is 0 Å². The van der Waals surface area contributed by atoms with Crippen LogP contribution in [-0.4, -0.2) is 43.3 Å². The van der Waals surface area contributed by atoms with E-state index in [9.17, 15) is 0 Å². The van der Waals surface area contributed by atoms with E-state index in [2.05, 4.69) is 38.4 Å². The van der Waals surface area contributed by atoms with Crippen LogP contribution in [0.15, 0.2) is 48.8 Å². The van der Waals surface area contributed by atoms with E-state index in [-0.39, 0.29) is 0 Å².